The van der Waals surface area contributed by atoms with Gasteiger partial charge in [0.2, 0.25) is 15.9 Å². The van der Waals surface area contributed by atoms with Crippen molar-refractivity contribution in [2.24, 2.45) is 5.92 Å². The first-order valence-electron chi connectivity index (χ1n) is 10.2. The molecule has 172 valence electrons. The Labute approximate surface area is 182 Å². The Morgan fingerprint density at radius 1 is 1.26 bits per heavy atom. The van der Waals surface area contributed by atoms with Crippen molar-refractivity contribution in [3.63, 3.8) is 0 Å². The molecule has 2 N–H and O–H groups in total. The number of benzene rings is 1. The molecule has 1 aromatic carbocycles. The first-order valence-corrected chi connectivity index (χ1v) is 11.9. The van der Waals surface area contributed by atoms with Gasteiger partial charge in [0.1, 0.15) is 0 Å². The van der Waals surface area contributed by atoms with E-state index in [1.165, 1.54) is 23.1 Å². The van der Waals surface area contributed by atoms with Crippen molar-refractivity contribution in [1.82, 2.24) is 14.9 Å². The van der Waals surface area contributed by atoms with Crippen LogP contribution in [0.2, 0.25) is 0 Å². The SMILES string of the molecule is CC(C)COc1cc([C@@H](C)NS(=O)(=O)CC/C=C/CN2CCC(=O)NC2=O)ccc1F. The van der Waals surface area contributed by atoms with Crippen LogP contribution < -0.4 is 14.8 Å². The maximum Gasteiger partial charge on any atom is 0.324 e. The van der Waals surface area contributed by atoms with Gasteiger partial charge in [-0.3, -0.25) is 10.1 Å². The van der Waals surface area contributed by atoms with Crippen LogP contribution in [0.15, 0.2) is 30.4 Å². The minimum absolute atomic E-state index is 0.101. The second kappa shape index (κ2) is 11.2. The van der Waals surface area contributed by atoms with Crippen LogP contribution in [-0.4, -0.2) is 50.7 Å². The fourth-order valence-corrected chi connectivity index (χ4v) is 4.11. The van der Waals surface area contributed by atoms with Crippen molar-refractivity contribution in [3.05, 3.63) is 41.7 Å². The minimum atomic E-state index is -3.57. The first kappa shape index (κ1) is 24.8. The van der Waals surface area contributed by atoms with Crippen LogP contribution in [0.1, 0.15) is 45.2 Å². The van der Waals surface area contributed by atoms with Gasteiger partial charge in [0, 0.05) is 25.6 Å². The molecule has 31 heavy (non-hydrogen) atoms. The monoisotopic (exact) mass is 455 g/mol. The average Bonchev–Trinajstić information content (AvgIpc) is 2.68. The molecule has 1 atom stereocenters. The average molecular weight is 456 g/mol. The zero-order valence-electron chi connectivity index (χ0n) is 18.1. The molecule has 0 unspecified atom stereocenters. The summed E-state index contributed by atoms with van der Waals surface area (Å²) in [6.07, 6.45) is 3.90. The highest BCUT2D eigenvalue weighted by atomic mass is 32.2. The summed E-state index contributed by atoms with van der Waals surface area (Å²) in [4.78, 5) is 24.2. The van der Waals surface area contributed by atoms with E-state index >= 15 is 0 Å². The Morgan fingerprint density at radius 2 is 2.00 bits per heavy atom. The van der Waals surface area contributed by atoms with Gasteiger partial charge in [0.15, 0.2) is 11.6 Å². The summed E-state index contributed by atoms with van der Waals surface area (Å²) in [6, 6.07) is 3.31. The number of halogens is 1. The third-order valence-corrected chi connectivity index (χ3v) is 6.06. The van der Waals surface area contributed by atoms with E-state index in [2.05, 4.69) is 10.0 Å². The van der Waals surface area contributed by atoms with Crippen molar-refractivity contribution in [3.8, 4) is 5.75 Å². The van der Waals surface area contributed by atoms with E-state index in [0.29, 0.717) is 25.3 Å². The minimum Gasteiger partial charge on any atom is -0.490 e. The van der Waals surface area contributed by atoms with Crippen molar-refractivity contribution in [2.45, 2.75) is 39.7 Å². The highest BCUT2D eigenvalue weighted by Gasteiger charge is 2.21. The van der Waals surface area contributed by atoms with Gasteiger partial charge in [-0.15, -0.1) is 0 Å². The number of nitrogens with zero attached hydrogens (tertiary/aromatic N) is 1. The third-order valence-electron chi connectivity index (χ3n) is 4.57. The number of urea groups is 1. The van der Waals surface area contributed by atoms with E-state index in [9.17, 15) is 22.4 Å². The summed E-state index contributed by atoms with van der Waals surface area (Å²) in [6.45, 7) is 6.60. The number of imide groups is 1. The quantitative estimate of drug-likeness (QED) is 0.499. The number of sulfonamides is 1. The van der Waals surface area contributed by atoms with Gasteiger partial charge >= 0.3 is 6.03 Å². The molecule has 1 saturated heterocycles. The maximum absolute atomic E-state index is 13.9. The summed E-state index contributed by atoms with van der Waals surface area (Å²) in [5.74, 6) is -0.578. The summed E-state index contributed by atoms with van der Waals surface area (Å²) >= 11 is 0. The third kappa shape index (κ3) is 8.29. The Kier molecular flexibility index (Phi) is 9.00. The van der Waals surface area contributed by atoms with E-state index in [0.717, 1.165) is 0 Å². The number of amides is 3. The van der Waals surface area contributed by atoms with Gasteiger partial charge in [-0.1, -0.05) is 32.1 Å². The van der Waals surface area contributed by atoms with E-state index < -0.39 is 27.9 Å². The van der Waals surface area contributed by atoms with Gasteiger partial charge in [-0.2, -0.15) is 0 Å². The van der Waals surface area contributed by atoms with Crippen molar-refractivity contribution >= 4 is 22.0 Å². The Bertz CT molecular complexity index is 918. The Hall–Kier alpha value is -2.46. The molecular weight excluding hydrogens is 425 g/mol. The normalized spacial score (nSPS) is 16.1. The lowest BCUT2D eigenvalue weighted by molar-refractivity contribution is -0.121. The van der Waals surface area contributed by atoms with Gasteiger partial charge in [0.25, 0.3) is 0 Å². The molecule has 0 radical (unpaired) electrons. The molecule has 1 aliphatic rings. The van der Waals surface area contributed by atoms with Crippen LogP contribution >= 0.6 is 0 Å². The number of rotatable bonds is 11. The van der Waals surface area contributed by atoms with Gasteiger partial charge < -0.3 is 9.64 Å². The predicted molar refractivity (Wildman–Crippen MR) is 116 cm³/mol. The predicted octanol–water partition coefficient (Wildman–Crippen LogP) is 2.73. The molecule has 3 amide bonds. The molecular formula is C21H30FN3O5S. The van der Waals surface area contributed by atoms with Crippen LogP contribution in [0, 0.1) is 11.7 Å². The van der Waals surface area contributed by atoms with E-state index in [1.54, 1.807) is 19.1 Å². The standard InChI is InChI=1S/C21H30FN3O5S/c1-15(2)14-30-19-13-17(7-8-18(19)22)16(3)24-31(28,29)12-6-4-5-10-25-11-9-20(26)23-21(25)27/h4-5,7-8,13,15-16,24H,6,9-12,14H2,1-3H3,(H,23,26,27)/b5-4+/t16-/m1/s1. The number of hydrogen-bond donors (Lipinski definition) is 2. The number of ether oxygens (including phenoxy) is 1. The van der Waals surface area contributed by atoms with E-state index in [1.807, 2.05) is 13.8 Å². The second-order valence-corrected chi connectivity index (χ2v) is 9.74. The fourth-order valence-electron chi connectivity index (χ4n) is 2.87. The van der Waals surface area contributed by atoms with E-state index in [-0.39, 0.29) is 36.2 Å². The molecule has 0 spiro atoms. The number of allylic oxidation sites excluding steroid dienone is 1. The fraction of sp³-hybridized carbons (Fsp3) is 0.524. The molecule has 0 aromatic heterocycles. The van der Waals surface area contributed by atoms with Crippen LogP contribution in [-0.2, 0) is 14.8 Å². The molecule has 1 fully saturated rings. The molecule has 0 aliphatic carbocycles. The number of carbonyl (C=O) groups excluding carboxylic acids is 2. The van der Waals surface area contributed by atoms with Gasteiger partial charge in [-0.05, 0) is 37.0 Å². The lowest BCUT2D eigenvalue weighted by Crippen LogP contribution is -2.49. The number of nitrogens with one attached hydrogen (secondary N) is 2. The van der Waals surface area contributed by atoms with Gasteiger partial charge in [-0.25, -0.2) is 22.3 Å². The zero-order valence-corrected chi connectivity index (χ0v) is 18.9. The molecule has 1 aromatic rings. The summed E-state index contributed by atoms with van der Waals surface area (Å²) < 4.78 is 46.7. The van der Waals surface area contributed by atoms with Crippen LogP contribution in [0.25, 0.3) is 0 Å². The Morgan fingerprint density at radius 3 is 2.68 bits per heavy atom. The highest BCUT2D eigenvalue weighted by Crippen LogP contribution is 2.24. The molecule has 10 heteroatoms. The van der Waals surface area contributed by atoms with Crippen LogP contribution in [0.3, 0.4) is 0 Å². The van der Waals surface area contributed by atoms with Crippen LogP contribution in [0.5, 0.6) is 5.75 Å². The summed E-state index contributed by atoms with van der Waals surface area (Å²) in [5, 5.41) is 2.23. The highest BCUT2D eigenvalue weighted by molar-refractivity contribution is 7.89. The summed E-state index contributed by atoms with van der Waals surface area (Å²) in [7, 11) is -3.57. The molecule has 1 aliphatic heterocycles. The second-order valence-electron chi connectivity index (χ2n) is 7.86. The van der Waals surface area contributed by atoms with Crippen LogP contribution in [0.4, 0.5) is 9.18 Å². The number of hydrogen-bond acceptors (Lipinski definition) is 5. The van der Waals surface area contributed by atoms with Crippen molar-refractivity contribution < 1.29 is 27.1 Å². The zero-order chi connectivity index (χ0) is 23.0. The largest absolute Gasteiger partial charge is 0.490 e. The summed E-state index contributed by atoms with van der Waals surface area (Å²) in [5.41, 5.74) is 0.602. The smallest absolute Gasteiger partial charge is 0.324 e. The maximum atomic E-state index is 13.9. The van der Waals surface area contributed by atoms with E-state index in [4.69, 9.17) is 4.74 Å². The molecule has 2 rings (SSSR count). The lowest BCUT2D eigenvalue weighted by Gasteiger charge is -2.25. The molecule has 0 saturated carbocycles. The first-order chi connectivity index (χ1) is 14.6. The lowest BCUT2D eigenvalue weighted by atomic mass is 10.1. The number of carbonyl (C=O) groups is 2. The van der Waals surface area contributed by atoms with Crippen molar-refractivity contribution in [2.75, 3.05) is 25.4 Å². The Balaban J connectivity index is 1.84. The topological polar surface area (TPSA) is 105 Å². The molecule has 8 nitrogen and oxygen atoms in total. The van der Waals surface area contributed by atoms with Gasteiger partial charge in [0.05, 0.1) is 12.4 Å². The molecule has 0 bridgehead atoms. The molecule has 1 heterocycles. The van der Waals surface area contributed by atoms with Crippen molar-refractivity contribution in [1.29, 1.82) is 0 Å².